The third kappa shape index (κ3) is 4.21. The van der Waals surface area contributed by atoms with Gasteiger partial charge in [0.05, 0.1) is 37.6 Å². The van der Waals surface area contributed by atoms with Crippen LogP contribution in [0.15, 0.2) is 41.8 Å². The van der Waals surface area contributed by atoms with Crippen molar-refractivity contribution < 1.29 is 23.7 Å². The van der Waals surface area contributed by atoms with Crippen molar-refractivity contribution in [1.29, 1.82) is 0 Å². The summed E-state index contributed by atoms with van der Waals surface area (Å²) in [6.07, 6.45) is 0. The van der Waals surface area contributed by atoms with E-state index in [1.54, 1.807) is 12.1 Å². The summed E-state index contributed by atoms with van der Waals surface area (Å²) in [5, 5.41) is 3.23. The second-order valence-electron chi connectivity index (χ2n) is 5.61. The molecule has 0 aliphatic carbocycles. The number of ether oxygens (including phenoxy) is 4. The van der Waals surface area contributed by atoms with Crippen LogP contribution in [0, 0.1) is 0 Å². The fourth-order valence-corrected chi connectivity index (χ4v) is 3.68. The third-order valence-electron chi connectivity index (χ3n) is 3.91. The number of carbonyl (C=O) groups is 1. The first-order chi connectivity index (χ1) is 13.6. The summed E-state index contributed by atoms with van der Waals surface area (Å²) in [6, 6.07) is 10.5. The lowest BCUT2D eigenvalue weighted by atomic mass is 10.2. The molecule has 0 saturated heterocycles. The van der Waals surface area contributed by atoms with E-state index in [0.717, 1.165) is 10.6 Å². The average molecular weight is 420 g/mol. The summed E-state index contributed by atoms with van der Waals surface area (Å²) < 4.78 is 21.2. The number of benzene rings is 2. The van der Waals surface area contributed by atoms with Gasteiger partial charge in [-0.05, 0) is 18.2 Å². The molecule has 0 aliphatic rings. The molecule has 6 nitrogen and oxygen atoms in total. The van der Waals surface area contributed by atoms with Gasteiger partial charge >= 0.3 is 5.97 Å². The average Bonchev–Trinajstić information content (AvgIpc) is 3.19. The Kier molecular flexibility index (Phi) is 6.38. The van der Waals surface area contributed by atoms with E-state index >= 15 is 0 Å². The number of nitrogens with zero attached hydrogens (tertiary/aromatic N) is 1. The van der Waals surface area contributed by atoms with Crippen LogP contribution in [-0.4, -0.2) is 32.3 Å². The number of hydrogen-bond donors (Lipinski definition) is 0. The molecule has 3 aromatic rings. The van der Waals surface area contributed by atoms with Crippen molar-refractivity contribution in [3.63, 3.8) is 0 Å². The summed E-state index contributed by atoms with van der Waals surface area (Å²) in [4.78, 5) is 17.0. The predicted octanol–water partition coefficient (Wildman–Crippen LogP) is 4.85. The molecule has 0 unspecified atom stereocenters. The molecule has 1 heterocycles. The molecule has 28 heavy (non-hydrogen) atoms. The number of hydrogen-bond acceptors (Lipinski definition) is 7. The minimum Gasteiger partial charge on any atom is -0.493 e. The lowest BCUT2D eigenvalue weighted by Gasteiger charge is -2.13. The van der Waals surface area contributed by atoms with Gasteiger partial charge in [0.1, 0.15) is 11.6 Å². The zero-order valence-corrected chi connectivity index (χ0v) is 17.1. The normalized spacial score (nSPS) is 10.4. The highest BCUT2D eigenvalue weighted by atomic mass is 35.5. The van der Waals surface area contributed by atoms with Crippen molar-refractivity contribution in [3.05, 3.63) is 58.1 Å². The van der Waals surface area contributed by atoms with Crippen molar-refractivity contribution in [1.82, 2.24) is 4.98 Å². The maximum absolute atomic E-state index is 12.5. The molecule has 0 spiro atoms. The van der Waals surface area contributed by atoms with Gasteiger partial charge in [-0.15, -0.1) is 11.3 Å². The van der Waals surface area contributed by atoms with E-state index in [2.05, 4.69) is 4.98 Å². The number of esters is 1. The second kappa shape index (κ2) is 8.95. The van der Waals surface area contributed by atoms with E-state index in [-0.39, 0.29) is 12.2 Å². The molecule has 0 amide bonds. The van der Waals surface area contributed by atoms with Crippen LogP contribution in [-0.2, 0) is 11.3 Å². The fraction of sp³-hybridized carbons (Fsp3) is 0.200. The van der Waals surface area contributed by atoms with Crippen molar-refractivity contribution in [2.75, 3.05) is 21.3 Å². The predicted molar refractivity (Wildman–Crippen MR) is 108 cm³/mol. The van der Waals surface area contributed by atoms with Gasteiger partial charge in [0.2, 0.25) is 5.75 Å². The van der Waals surface area contributed by atoms with Crippen LogP contribution < -0.4 is 14.2 Å². The summed E-state index contributed by atoms with van der Waals surface area (Å²) >= 11 is 7.64. The first-order valence-electron chi connectivity index (χ1n) is 8.23. The van der Waals surface area contributed by atoms with Crippen molar-refractivity contribution in [3.8, 4) is 27.8 Å². The zero-order chi connectivity index (χ0) is 20.1. The molecule has 2 aromatic carbocycles. The number of carbonyl (C=O) groups excluding carboxylic acids is 1. The van der Waals surface area contributed by atoms with Crippen LogP contribution >= 0.6 is 22.9 Å². The lowest BCUT2D eigenvalue weighted by molar-refractivity contribution is 0.0467. The zero-order valence-electron chi connectivity index (χ0n) is 15.5. The maximum Gasteiger partial charge on any atom is 0.338 e. The van der Waals surface area contributed by atoms with Crippen LogP contribution in [0.1, 0.15) is 16.1 Å². The number of thiazole rings is 1. The minimum atomic E-state index is -0.522. The summed E-state index contributed by atoms with van der Waals surface area (Å²) in [5.74, 6) is 0.643. The highest BCUT2D eigenvalue weighted by molar-refractivity contribution is 7.13. The first kappa shape index (κ1) is 20.0. The van der Waals surface area contributed by atoms with E-state index in [0.29, 0.717) is 28.0 Å². The number of aromatic nitrogens is 1. The van der Waals surface area contributed by atoms with Crippen molar-refractivity contribution in [2.24, 2.45) is 0 Å². The topological polar surface area (TPSA) is 66.9 Å². The van der Waals surface area contributed by atoms with Gasteiger partial charge in [-0.3, -0.25) is 0 Å². The SMILES string of the molecule is COc1cc(C(=O)OCc2csc(-c3ccccc3Cl)n2)cc(OC)c1OC. The Hall–Kier alpha value is -2.77. The first-order valence-corrected chi connectivity index (χ1v) is 9.49. The van der Waals surface area contributed by atoms with Gasteiger partial charge in [0.15, 0.2) is 11.5 Å². The molecule has 0 bridgehead atoms. The Morgan fingerprint density at radius 2 is 1.75 bits per heavy atom. The van der Waals surface area contributed by atoms with Crippen molar-refractivity contribution in [2.45, 2.75) is 6.61 Å². The summed E-state index contributed by atoms with van der Waals surface area (Å²) in [6.45, 7) is 0.0381. The van der Waals surface area contributed by atoms with Crippen LogP contribution in [0.4, 0.5) is 0 Å². The Balaban J connectivity index is 1.74. The van der Waals surface area contributed by atoms with Crippen LogP contribution in [0.5, 0.6) is 17.2 Å². The third-order valence-corrected chi connectivity index (χ3v) is 5.16. The summed E-state index contributed by atoms with van der Waals surface area (Å²) in [7, 11) is 4.47. The van der Waals surface area contributed by atoms with E-state index in [9.17, 15) is 4.79 Å². The molecule has 0 saturated carbocycles. The highest BCUT2D eigenvalue weighted by Crippen LogP contribution is 2.38. The van der Waals surface area contributed by atoms with Gasteiger partial charge < -0.3 is 18.9 Å². The highest BCUT2D eigenvalue weighted by Gasteiger charge is 2.18. The number of methoxy groups -OCH3 is 3. The molecule has 0 radical (unpaired) electrons. The van der Waals surface area contributed by atoms with Gasteiger partial charge in [0, 0.05) is 10.9 Å². The van der Waals surface area contributed by atoms with E-state index in [4.69, 9.17) is 30.5 Å². The van der Waals surface area contributed by atoms with E-state index < -0.39 is 5.97 Å². The van der Waals surface area contributed by atoms with Gasteiger partial charge in [-0.25, -0.2) is 9.78 Å². The molecule has 8 heteroatoms. The van der Waals surface area contributed by atoms with Crippen LogP contribution in [0.2, 0.25) is 5.02 Å². The second-order valence-corrected chi connectivity index (χ2v) is 6.88. The number of rotatable bonds is 7. The maximum atomic E-state index is 12.5. The molecule has 146 valence electrons. The van der Waals surface area contributed by atoms with Gasteiger partial charge in [0.25, 0.3) is 0 Å². The Labute approximate surface area is 171 Å². The Morgan fingerprint density at radius 3 is 2.36 bits per heavy atom. The molecule has 0 aliphatic heterocycles. The molecule has 1 aromatic heterocycles. The molecule has 0 fully saturated rings. The molecule has 3 rings (SSSR count). The van der Waals surface area contributed by atoms with E-state index in [1.807, 2.05) is 29.6 Å². The quantitative estimate of drug-likeness (QED) is 0.510. The molecule has 0 N–H and O–H groups in total. The summed E-state index contributed by atoms with van der Waals surface area (Å²) in [5.41, 5.74) is 1.77. The van der Waals surface area contributed by atoms with Crippen LogP contribution in [0.25, 0.3) is 10.6 Å². The van der Waals surface area contributed by atoms with Crippen molar-refractivity contribution >= 4 is 28.9 Å². The molecular formula is C20H18ClNO5S. The Bertz CT molecular complexity index is 963. The smallest absolute Gasteiger partial charge is 0.338 e. The van der Waals surface area contributed by atoms with Gasteiger partial charge in [-0.1, -0.05) is 29.8 Å². The lowest BCUT2D eigenvalue weighted by Crippen LogP contribution is -2.07. The monoisotopic (exact) mass is 419 g/mol. The number of halogens is 1. The largest absolute Gasteiger partial charge is 0.493 e. The molecular weight excluding hydrogens is 402 g/mol. The molecule has 0 atom stereocenters. The fourth-order valence-electron chi connectivity index (χ4n) is 2.55. The van der Waals surface area contributed by atoms with E-state index in [1.165, 1.54) is 32.7 Å². The standard InChI is InChI=1S/C20H18ClNO5S/c1-24-16-8-12(9-17(25-2)18(16)26-3)20(23)27-10-13-11-28-19(22-13)14-6-4-5-7-15(14)21/h4-9,11H,10H2,1-3H3. The Morgan fingerprint density at radius 1 is 1.07 bits per heavy atom. The van der Waals surface area contributed by atoms with Gasteiger partial charge in [-0.2, -0.15) is 0 Å². The minimum absolute atomic E-state index is 0.0381. The van der Waals surface area contributed by atoms with Crippen LogP contribution in [0.3, 0.4) is 0 Å².